The van der Waals surface area contributed by atoms with Gasteiger partial charge in [0.25, 0.3) is 0 Å². The number of benzene rings is 1. The number of nitrogens with zero attached hydrogens (tertiary/aromatic N) is 2. The van der Waals surface area contributed by atoms with Gasteiger partial charge in [-0.05, 0) is 37.2 Å². The molecule has 1 heterocycles. The molecule has 1 saturated carbocycles. The molecule has 27 heavy (non-hydrogen) atoms. The topological polar surface area (TPSA) is 52.7 Å². The van der Waals surface area contributed by atoms with E-state index < -0.39 is 10.0 Å². The fourth-order valence-electron chi connectivity index (χ4n) is 3.55. The molecule has 0 amide bonds. The van der Waals surface area contributed by atoms with Gasteiger partial charge in [0.15, 0.2) is 5.11 Å². The average molecular weight is 515 g/mol. The molecule has 0 aromatic heterocycles. The molecule has 0 spiro atoms. The van der Waals surface area contributed by atoms with Crippen LogP contribution in [0.1, 0.15) is 32.1 Å². The van der Waals surface area contributed by atoms with Gasteiger partial charge in [-0.2, -0.15) is 4.31 Å². The van der Waals surface area contributed by atoms with E-state index in [1.54, 1.807) is 12.1 Å². The van der Waals surface area contributed by atoms with Gasteiger partial charge in [0.05, 0.1) is 10.0 Å². The number of piperazine rings is 1. The number of nitrogens with one attached hydrogen (secondary N) is 1. The zero-order valence-corrected chi connectivity index (χ0v) is 19.5. The van der Waals surface area contributed by atoms with Crippen LogP contribution in [0.4, 0.5) is 0 Å². The van der Waals surface area contributed by atoms with E-state index in [0.29, 0.717) is 36.7 Å². The van der Waals surface area contributed by atoms with Crippen LogP contribution < -0.4 is 5.32 Å². The second kappa shape index (κ2) is 9.13. The maximum atomic E-state index is 13.0. The summed E-state index contributed by atoms with van der Waals surface area (Å²) in [5.41, 5.74) is 0. The Bertz CT molecular complexity index is 785. The Morgan fingerprint density at radius 3 is 2.19 bits per heavy atom. The Hall–Kier alpha value is -0.120. The van der Waals surface area contributed by atoms with E-state index in [4.69, 9.17) is 35.4 Å². The summed E-state index contributed by atoms with van der Waals surface area (Å²) in [6.45, 7) is 1.78. The highest BCUT2D eigenvalue weighted by Gasteiger charge is 2.33. The van der Waals surface area contributed by atoms with Crippen molar-refractivity contribution in [3.63, 3.8) is 0 Å². The zero-order chi connectivity index (χ0) is 19.6. The molecule has 1 aromatic rings. The van der Waals surface area contributed by atoms with Crippen LogP contribution in [-0.2, 0) is 10.0 Å². The van der Waals surface area contributed by atoms with Crippen molar-refractivity contribution in [1.82, 2.24) is 14.5 Å². The zero-order valence-electron chi connectivity index (χ0n) is 14.8. The van der Waals surface area contributed by atoms with Gasteiger partial charge < -0.3 is 10.2 Å². The summed E-state index contributed by atoms with van der Waals surface area (Å²) < 4.78 is 28.1. The second-order valence-corrected chi connectivity index (χ2v) is 10.9. The summed E-state index contributed by atoms with van der Waals surface area (Å²) in [5, 5.41) is 4.40. The highest BCUT2D eigenvalue weighted by atomic mass is 79.9. The number of hydrogen-bond donors (Lipinski definition) is 1. The molecule has 3 rings (SSSR count). The Labute approximate surface area is 184 Å². The Morgan fingerprint density at radius 2 is 1.63 bits per heavy atom. The molecular formula is C17H22BrCl2N3O2S2. The van der Waals surface area contributed by atoms with Crippen molar-refractivity contribution in [2.75, 3.05) is 26.2 Å². The first-order valence-corrected chi connectivity index (χ1v) is 12.4. The lowest BCUT2D eigenvalue weighted by atomic mass is 9.96. The van der Waals surface area contributed by atoms with Crippen LogP contribution in [0.15, 0.2) is 21.5 Å². The molecule has 150 valence electrons. The minimum Gasteiger partial charge on any atom is -0.360 e. The van der Waals surface area contributed by atoms with Crippen molar-refractivity contribution in [1.29, 1.82) is 0 Å². The molecule has 0 unspecified atom stereocenters. The van der Waals surface area contributed by atoms with Crippen LogP contribution in [0.2, 0.25) is 10.0 Å². The summed E-state index contributed by atoms with van der Waals surface area (Å²) in [6, 6.07) is 3.52. The Balaban J connectivity index is 1.64. The summed E-state index contributed by atoms with van der Waals surface area (Å²) in [6.07, 6.45) is 6.06. The van der Waals surface area contributed by atoms with E-state index in [-0.39, 0.29) is 14.9 Å². The molecule has 1 aliphatic carbocycles. The monoisotopic (exact) mass is 513 g/mol. The number of thiocarbonyl (C=S) groups is 1. The molecule has 1 saturated heterocycles. The van der Waals surface area contributed by atoms with Gasteiger partial charge in [-0.25, -0.2) is 8.42 Å². The fourth-order valence-corrected chi connectivity index (χ4v) is 7.20. The van der Waals surface area contributed by atoms with Gasteiger partial charge in [0, 0.05) is 36.7 Å². The van der Waals surface area contributed by atoms with Gasteiger partial charge in [-0.3, -0.25) is 0 Å². The first-order valence-electron chi connectivity index (χ1n) is 8.99. The molecule has 0 atom stereocenters. The summed E-state index contributed by atoms with van der Waals surface area (Å²) in [7, 11) is -3.76. The highest BCUT2D eigenvalue weighted by Crippen LogP contribution is 2.35. The van der Waals surface area contributed by atoms with Crippen LogP contribution in [-0.4, -0.2) is 55.0 Å². The van der Waals surface area contributed by atoms with Crippen LogP contribution in [0.25, 0.3) is 0 Å². The van der Waals surface area contributed by atoms with E-state index in [2.05, 4.69) is 21.2 Å². The van der Waals surface area contributed by atoms with Crippen LogP contribution in [0.5, 0.6) is 0 Å². The third-order valence-corrected chi connectivity index (χ3v) is 8.67. The van der Waals surface area contributed by atoms with E-state index in [9.17, 15) is 8.42 Å². The van der Waals surface area contributed by atoms with Crippen LogP contribution >= 0.6 is 51.3 Å². The SMILES string of the molecule is O=S(=O)(c1c(Cl)cc(Br)cc1Cl)N1CCN(C(=S)NC2CCCCC2)CC1. The highest BCUT2D eigenvalue weighted by molar-refractivity contribution is 9.10. The normalized spacial score (nSPS) is 19.9. The van der Waals surface area contributed by atoms with Crippen molar-refractivity contribution in [2.45, 2.75) is 43.0 Å². The largest absolute Gasteiger partial charge is 0.360 e. The summed E-state index contributed by atoms with van der Waals surface area (Å²) in [5.74, 6) is 0. The molecule has 1 N–H and O–H groups in total. The van der Waals surface area contributed by atoms with Gasteiger partial charge >= 0.3 is 0 Å². The third-order valence-electron chi connectivity index (χ3n) is 5.02. The van der Waals surface area contributed by atoms with Gasteiger partial charge in [0.1, 0.15) is 4.90 Å². The molecule has 5 nitrogen and oxygen atoms in total. The minimum atomic E-state index is -3.76. The van der Waals surface area contributed by atoms with Gasteiger partial charge in [0.2, 0.25) is 10.0 Å². The maximum Gasteiger partial charge on any atom is 0.246 e. The first kappa shape index (κ1) is 21.6. The Morgan fingerprint density at radius 1 is 1.07 bits per heavy atom. The Kier molecular flexibility index (Phi) is 7.30. The quantitative estimate of drug-likeness (QED) is 0.610. The van der Waals surface area contributed by atoms with E-state index in [0.717, 1.165) is 18.0 Å². The molecule has 2 aliphatic rings. The number of hydrogen-bond acceptors (Lipinski definition) is 3. The summed E-state index contributed by atoms with van der Waals surface area (Å²) >= 11 is 21.1. The number of rotatable bonds is 3. The standard InChI is InChI=1S/C17H22BrCl2N3O2S2/c18-12-10-14(19)16(15(20)11-12)27(24,25)23-8-6-22(7-9-23)17(26)21-13-4-2-1-3-5-13/h10-11,13H,1-9H2,(H,21,26). The minimum absolute atomic E-state index is 0.0367. The number of sulfonamides is 1. The van der Waals surface area contributed by atoms with Gasteiger partial charge in [-0.15, -0.1) is 0 Å². The fraction of sp³-hybridized carbons (Fsp3) is 0.588. The molecule has 0 radical (unpaired) electrons. The first-order chi connectivity index (χ1) is 12.8. The van der Waals surface area contributed by atoms with Crippen molar-refractivity contribution < 1.29 is 8.42 Å². The number of halogens is 3. The van der Waals surface area contributed by atoms with Crippen LogP contribution in [0, 0.1) is 0 Å². The van der Waals surface area contributed by atoms with Crippen LogP contribution in [0.3, 0.4) is 0 Å². The lowest BCUT2D eigenvalue weighted by Crippen LogP contribution is -2.54. The van der Waals surface area contributed by atoms with E-state index >= 15 is 0 Å². The molecule has 10 heteroatoms. The van der Waals surface area contributed by atoms with Crippen molar-refractivity contribution >= 4 is 66.5 Å². The molecule has 1 aromatic carbocycles. The second-order valence-electron chi connectivity index (χ2n) is 6.87. The van der Waals surface area contributed by atoms with Crippen molar-refractivity contribution in [2.24, 2.45) is 0 Å². The summed E-state index contributed by atoms with van der Waals surface area (Å²) in [4.78, 5) is 2.01. The average Bonchev–Trinajstić information content (AvgIpc) is 2.61. The van der Waals surface area contributed by atoms with Gasteiger partial charge in [-0.1, -0.05) is 58.4 Å². The maximum absolute atomic E-state index is 13.0. The van der Waals surface area contributed by atoms with E-state index in [1.807, 2.05) is 4.90 Å². The van der Waals surface area contributed by atoms with Crippen molar-refractivity contribution in [3.05, 3.63) is 26.7 Å². The lowest BCUT2D eigenvalue weighted by Gasteiger charge is -2.37. The molecular weight excluding hydrogens is 493 g/mol. The third kappa shape index (κ3) is 5.08. The lowest BCUT2D eigenvalue weighted by molar-refractivity contribution is 0.259. The predicted octanol–water partition coefficient (Wildman–Crippen LogP) is 4.27. The molecule has 1 aliphatic heterocycles. The molecule has 2 fully saturated rings. The molecule has 0 bridgehead atoms. The smallest absolute Gasteiger partial charge is 0.246 e. The van der Waals surface area contributed by atoms with Crippen molar-refractivity contribution in [3.8, 4) is 0 Å². The van der Waals surface area contributed by atoms with E-state index in [1.165, 1.54) is 23.6 Å². The predicted molar refractivity (Wildman–Crippen MR) is 117 cm³/mol.